The van der Waals surface area contributed by atoms with Gasteiger partial charge in [-0.25, -0.2) is 9.97 Å². The van der Waals surface area contributed by atoms with Crippen LogP contribution in [0.2, 0.25) is 0 Å². The van der Waals surface area contributed by atoms with Gasteiger partial charge in [-0.15, -0.1) is 0 Å². The first kappa shape index (κ1) is 15.3. The van der Waals surface area contributed by atoms with E-state index < -0.39 is 10.4 Å². The highest BCUT2D eigenvalue weighted by molar-refractivity contribution is 7.79. The molecule has 2 rings (SSSR count). The van der Waals surface area contributed by atoms with Gasteiger partial charge in [0, 0.05) is 38.9 Å². The molecule has 17 heavy (non-hydrogen) atoms. The lowest BCUT2D eigenvalue weighted by Gasteiger charge is -1.76. The summed E-state index contributed by atoms with van der Waals surface area (Å²) in [5.41, 5.74) is 0. The van der Waals surface area contributed by atoms with Gasteiger partial charge >= 0.3 is 10.4 Å². The minimum absolute atomic E-state index is 1.75. The van der Waals surface area contributed by atoms with Crippen molar-refractivity contribution >= 4 is 10.4 Å². The van der Waals surface area contributed by atoms with Gasteiger partial charge < -0.3 is 9.13 Å². The zero-order valence-electron chi connectivity index (χ0n) is 9.37. The van der Waals surface area contributed by atoms with E-state index in [0.717, 1.165) is 0 Å². The van der Waals surface area contributed by atoms with E-state index in [1.165, 1.54) is 0 Å². The summed E-state index contributed by atoms with van der Waals surface area (Å²) in [7, 11) is -0.792. The Hall–Kier alpha value is -1.71. The third-order valence-electron chi connectivity index (χ3n) is 1.27. The molecule has 0 saturated heterocycles. The van der Waals surface area contributed by atoms with Crippen molar-refractivity contribution in [3.63, 3.8) is 0 Å². The normalized spacial score (nSPS) is 9.65. The third-order valence-corrected chi connectivity index (χ3v) is 1.27. The van der Waals surface area contributed by atoms with E-state index in [-0.39, 0.29) is 0 Å². The molecule has 9 heteroatoms. The van der Waals surface area contributed by atoms with Gasteiger partial charge in [-0.2, -0.15) is 8.42 Å². The van der Waals surface area contributed by atoms with Crippen molar-refractivity contribution in [1.82, 2.24) is 19.1 Å². The summed E-state index contributed by atoms with van der Waals surface area (Å²) in [6.07, 6.45) is 10.8. The number of imidazole rings is 2. The second-order valence-electron chi connectivity index (χ2n) is 2.90. The Morgan fingerprint density at radius 3 is 1.29 bits per heavy atom. The third kappa shape index (κ3) is 14.3. The molecule has 2 aromatic rings. The Morgan fingerprint density at radius 2 is 1.24 bits per heavy atom. The number of rotatable bonds is 0. The number of hydrogen-bond acceptors (Lipinski definition) is 4. The van der Waals surface area contributed by atoms with E-state index in [0.29, 0.717) is 0 Å². The average Bonchev–Trinajstić information content (AvgIpc) is 2.76. The summed E-state index contributed by atoms with van der Waals surface area (Å²) in [6.45, 7) is 0. The second-order valence-corrected chi connectivity index (χ2v) is 3.80. The van der Waals surface area contributed by atoms with Crippen LogP contribution in [-0.2, 0) is 24.5 Å². The molecule has 0 aliphatic rings. The Morgan fingerprint density at radius 1 is 0.941 bits per heavy atom. The van der Waals surface area contributed by atoms with Crippen LogP contribution in [0.3, 0.4) is 0 Å². The van der Waals surface area contributed by atoms with Crippen molar-refractivity contribution in [2.45, 2.75) is 0 Å². The van der Waals surface area contributed by atoms with E-state index in [2.05, 4.69) is 9.97 Å². The van der Waals surface area contributed by atoms with Crippen molar-refractivity contribution in [2.75, 3.05) is 0 Å². The van der Waals surface area contributed by atoms with Crippen molar-refractivity contribution in [3.8, 4) is 0 Å². The van der Waals surface area contributed by atoms with Gasteiger partial charge in [0.2, 0.25) is 0 Å². The average molecular weight is 262 g/mol. The highest BCUT2D eigenvalue weighted by Crippen LogP contribution is 1.74. The maximum Gasteiger partial charge on any atom is 0.394 e. The maximum atomic E-state index is 8.74. The molecular formula is C8H14N4O4S. The summed E-state index contributed by atoms with van der Waals surface area (Å²) in [5.74, 6) is 0. The zero-order valence-corrected chi connectivity index (χ0v) is 10.2. The fourth-order valence-electron chi connectivity index (χ4n) is 0.652. The lowest BCUT2D eigenvalue weighted by Crippen LogP contribution is -1.89. The highest BCUT2D eigenvalue weighted by atomic mass is 32.3. The van der Waals surface area contributed by atoms with Crippen LogP contribution in [0.4, 0.5) is 0 Å². The van der Waals surface area contributed by atoms with Gasteiger partial charge in [-0.3, -0.25) is 9.11 Å². The van der Waals surface area contributed by atoms with E-state index in [1.54, 1.807) is 25.0 Å². The van der Waals surface area contributed by atoms with Crippen molar-refractivity contribution in [1.29, 1.82) is 0 Å². The molecule has 0 aliphatic heterocycles. The molecule has 0 fully saturated rings. The minimum atomic E-state index is -4.67. The summed E-state index contributed by atoms with van der Waals surface area (Å²) in [5, 5.41) is 0. The van der Waals surface area contributed by atoms with E-state index in [1.807, 2.05) is 35.6 Å². The Bertz CT molecular complexity index is 437. The van der Waals surface area contributed by atoms with Gasteiger partial charge in [0.25, 0.3) is 0 Å². The van der Waals surface area contributed by atoms with Gasteiger partial charge in [0.1, 0.15) is 0 Å². The van der Waals surface area contributed by atoms with Crippen molar-refractivity contribution < 1.29 is 17.5 Å². The minimum Gasteiger partial charge on any atom is -0.341 e. The largest absolute Gasteiger partial charge is 0.394 e. The van der Waals surface area contributed by atoms with Crippen LogP contribution in [-0.4, -0.2) is 36.6 Å². The predicted molar refractivity (Wildman–Crippen MR) is 60.6 cm³/mol. The molecule has 8 nitrogen and oxygen atoms in total. The van der Waals surface area contributed by atoms with E-state index >= 15 is 0 Å². The van der Waals surface area contributed by atoms with Gasteiger partial charge in [-0.1, -0.05) is 0 Å². The molecule has 2 heterocycles. The predicted octanol–water partition coefficient (Wildman–Crippen LogP) is 0.187. The van der Waals surface area contributed by atoms with Crippen LogP contribution in [0.15, 0.2) is 37.4 Å². The summed E-state index contributed by atoms with van der Waals surface area (Å²) in [4.78, 5) is 7.57. The van der Waals surface area contributed by atoms with Crippen LogP contribution >= 0.6 is 0 Å². The van der Waals surface area contributed by atoms with Crippen LogP contribution in [0, 0.1) is 0 Å². The SMILES string of the molecule is Cn1ccnc1.Cn1ccnc1.O=S(=O)(O)O. The summed E-state index contributed by atoms with van der Waals surface area (Å²) < 4.78 is 35.4. The molecule has 0 radical (unpaired) electrons. The first-order valence-electron chi connectivity index (χ1n) is 4.33. The van der Waals surface area contributed by atoms with Crippen molar-refractivity contribution in [2.24, 2.45) is 14.1 Å². The molecule has 0 aromatic carbocycles. The number of aryl methyl sites for hydroxylation is 2. The molecular weight excluding hydrogens is 248 g/mol. The van der Waals surface area contributed by atoms with Crippen LogP contribution in [0.25, 0.3) is 0 Å². The fourth-order valence-corrected chi connectivity index (χ4v) is 0.652. The molecule has 0 bridgehead atoms. The van der Waals surface area contributed by atoms with Gasteiger partial charge in [-0.05, 0) is 0 Å². The molecule has 0 unspecified atom stereocenters. The summed E-state index contributed by atoms with van der Waals surface area (Å²) >= 11 is 0. The first-order chi connectivity index (χ1) is 7.79. The smallest absolute Gasteiger partial charge is 0.341 e. The van der Waals surface area contributed by atoms with Gasteiger partial charge in [0.05, 0.1) is 12.7 Å². The standard InChI is InChI=1S/2C4H6N2.H2O4S/c2*1-6-3-2-5-4-6;1-5(2,3)4/h2*2-4H,1H3;(H2,1,2,3,4). The summed E-state index contributed by atoms with van der Waals surface area (Å²) in [6, 6.07) is 0. The molecule has 0 saturated carbocycles. The van der Waals surface area contributed by atoms with E-state index in [9.17, 15) is 0 Å². The second kappa shape index (κ2) is 7.54. The zero-order chi connectivity index (χ0) is 13.3. The Kier molecular flexibility index (Phi) is 6.79. The van der Waals surface area contributed by atoms with E-state index in [4.69, 9.17) is 17.5 Å². The molecule has 0 aliphatic carbocycles. The quantitative estimate of drug-likeness (QED) is 0.656. The van der Waals surface area contributed by atoms with Crippen LogP contribution in [0.5, 0.6) is 0 Å². The number of nitrogens with zero attached hydrogens (tertiary/aromatic N) is 4. The molecule has 2 aromatic heterocycles. The molecule has 0 spiro atoms. The first-order valence-corrected chi connectivity index (χ1v) is 5.72. The topological polar surface area (TPSA) is 110 Å². The van der Waals surface area contributed by atoms with Crippen molar-refractivity contribution in [3.05, 3.63) is 37.4 Å². The highest BCUT2D eigenvalue weighted by Gasteiger charge is 1.84. The van der Waals surface area contributed by atoms with Crippen LogP contribution < -0.4 is 0 Å². The number of aromatic nitrogens is 4. The molecule has 2 N–H and O–H groups in total. The maximum absolute atomic E-state index is 8.74. The number of hydrogen-bond donors (Lipinski definition) is 2. The Balaban J connectivity index is 0.000000228. The van der Waals surface area contributed by atoms with Crippen LogP contribution in [0.1, 0.15) is 0 Å². The molecule has 96 valence electrons. The monoisotopic (exact) mass is 262 g/mol. The molecule has 0 amide bonds. The Labute approximate surface area is 99.1 Å². The lowest BCUT2D eigenvalue weighted by molar-refractivity contribution is 0.381. The fraction of sp³-hybridized carbons (Fsp3) is 0.250. The molecule has 0 atom stereocenters. The lowest BCUT2D eigenvalue weighted by atomic mass is 10.9. The van der Waals surface area contributed by atoms with Gasteiger partial charge in [0.15, 0.2) is 0 Å².